The normalized spacial score (nSPS) is 11.6. The van der Waals surface area contributed by atoms with Gasteiger partial charge in [-0.25, -0.2) is 9.97 Å². The summed E-state index contributed by atoms with van der Waals surface area (Å²) in [4.78, 5) is 18.6. The third-order valence-electron chi connectivity index (χ3n) is 2.22. The van der Waals surface area contributed by atoms with Gasteiger partial charge in [-0.15, -0.1) is 11.3 Å². The maximum Gasteiger partial charge on any atom is 0.434 e. The van der Waals surface area contributed by atoms with Crippen molar-refractivity contribution in [2.45, 2.75) is 12.7 Å². The second-order valence-corrected chi connectivity index (χ2v) is 4.38. The molecular weight excluding hydrogens is 283 g/mol. The number of halogens is 3. The minimum atomic E-state index is -4.58. The van der Waals surface area contributed by atoms with E-state index in [4.69, 9.17) is 0 Å². The summed E-state index contributed by atoms with van der Waals surface area (Å²) in [5, 5.41) is 1.92. The van der Waals surface area contributed by atoms with Crippen LogP contribution in [0.5, 0.6) is 0 Å². The number of aromatic nitrogens is 3. The van der Waals surface area contributed by atoms with Crippen molar-refractivity contribution < 1.29 is 22.7 Å². The van der Waals surface area contributed by atoms with E-state index in [1.807, 2.05) is 0 Å². The Morgan fingerprint density at radius 2 is 2.26 bits per heavy atom. The lowest BCUT2D eigenvalue weighted by molar-refractivity contribution is -0.143. The van der Waals surface area contributed by atoms with Crippen LogP contribution in [-0.4, -0.2) is 27.6 Å². The second-order valence-electron chi connectivity index (χ2n) is 3.49. The summed E-state index contributed by atoms with van der Waals surface area (Å²) in [5.74, 6) is -0.670. The van der Waals surface area contributed by atoms with Crippen molar-refractivity contribution in [3.8, 4) is 10.8 Å². The highest BCUT2D eigenvalue weighted by atomic mass is 32.1. The fourth-order valence-electron chi connectivity index (χ4n) is 1.38. The number of nitrogens with zero attached hydrogens (tertiary/aromatic N) is 3. The summed E-state index contributed by atoms with van der Waals surface area (Å²) >= 11 is 1.13. The monoisotopic (exact) mass is 291 g/mol. The van der Waals surface area contributed by atoms with Crippen molar-refractivity contribution in [3.05, 3.63) is 23.5 Å². The molecule has 0 N–H and O–H groups in total. The van der Waals surface area contributed by atoms with E-state index in [0.717, 1.165) is 29.2 Å². The van der Waals surface area contributed by atoms with E-state index in [1.165, 1.54) is 6.20 Å². The zero-order valence-electron chi connectivity index (χ0n) is 9.64. The number of carbonyl (C=O) groups is 1. The van der Waals surface area contributed by atoms with Gasteiger partial charge in [-0.1, -0.05) is 0 Å². The number of esters is 1. The Bertz CT molecular complexity index is 577. The van der Waals surface area contributed by atoms with Gasteiger partial charge in [0.05, 0.1) is 7.11 Å². The van der Waals surface area contributed by atoms with Crippen molar-refractivity contribution in [1.29, 1.82) is 0 Å². The summed E-state index contributed by atoms with van der Waals surface area (Å²) in [6, 6.07) is 0. The van der Waals surface area contributed by atoms with Gasteiger partial charge in [0.2, 0.25) is 0 Å². The molecule has 0 saturated carbocycles. The van der Waals surface area contributed by atoms with Gasteiger partial charge in [0.15, 0.2) is 16.5 Å². The number of alkyl halides is 3. The number of hydrogen-bond acceptors (Lipinski definition) is 5. The number of rotatable bonds is 3. The highest BCUT2D eigenvalue weighted by Gasteiger charge is 2.35. The fraction of sp³-hybridized carbons (Fsp3) is 0.300. The van der Waals surface area contributed by atoms with Gasteiger partial charge >= 0.3 is 12.1 Å². The van der Waals surface area contributed by atoms with Crippen molar-refractivity contribution in [3.63, 3.8) is 0 Å². The van der Waals surface area contributed by atoms with Crippen LogP contribution in [0, 0.1) is 0 Å². The summed E-state index contributed by atoms with van der Waals surface area (Å²) in [6.45, 7) is -0.353. The van der Waals surface area contributed by atoms with E-state index in [-0.39, 0.29) is 12.4 Å². The number of hydrogen-bond donors (Lipinski definition) is 0. The number of thiazole rings is 1. The Morgan fingerprint density at radius 1 is 1.53 bits per heavy atom. The molecule has 0 spiro atoms. The molecule has 0 bridgehead atoms. The quantitative estimate of drug-likeness (QED) is 0.813. The summed E-state index contributed by atoms with van der Waals surface area (Å²) in [6.07, 6.45) is -2.36. The third-order valence-corrected chi connectivity index (χ3v) is 2.99. The van der Waals surface area contributed by atoms with Crippen LogP contribution in [0.2, 0.25) is 0 Å². The van der Waals surface area contributed by atoms with E-state index >= 15 is 0 Å². The molecule has 19 heavy (non-hydrogen) atoms. The molecule has 2 aromatic rings. The zero-order valence-corrected chi connectivity index (χ0v) is 10.5. The minimum absolute atomic E-state index is 0.00674. The van der Waals surface area contributed by atoms with Crippen LogP contribution in [0.3, 0.4) is 0 Å². The van der Waals surface area contributed by atoms with Crippen LogP contribution < -0.4 is 0 Å². The van der Waals surface area contributed by atoms with Crippen molar-refractivity contribution >= 4 is 17.3 Å². The Labute approximate surface area is 109 Å². The van der Waals surface area contributed by atoms with Crippen LogP contribution in [0.4, 0.5) is 13.2 Å². The van der Waals surface area contributed by atoms with Gasteiger partial charge in [-0.05, 0) is 0 Å². The molecule has 0 atom stereocenters. The minimum Gasteiger partial charge on any atom is -0.468 e. The summed E-state index contributed by atoms with van der Waals surface area (Å²) in [7, 11) is 1.16. The van der Waals surface area contributed by atoms with Crippen LogP contribution in [0.1, 0.15) is 5.69 Å². The number of carbonyl (C=O) groups excluding carboxylic acids is 1. The second kappa shape index (κ2) is 5.00. The third kappa shape index (κ3) is 2.92. The van der Waals surface area contributed by atoms with Crippen molar-refractivity contribution in [1.82, 2.24) is 14.5 Å². The molecular formula is C10H8F3N3O2S. The van der Waals surface area contributed by atoms with E-state index < -0.39 is 17.8 Å². The summed E-state index contributed by atoms with van der Waals surface area (Å²) < 4.78 is 43.4. The van der Waals surface area contributed by atoms with E-state index in [2.05, 4.69) is 14.7 Å². The molecule has 9 heteroatoms. The first-order valence-corrected chi connectivity index (χ1v) is 5.91. The SMILES string of the molecule is COC(=O)Cn1cc(C(F)(F)F)nc1-c1nccs1. The molecule has 2 rings (SSSR count). The lowest BCUT2D eigenvalue weighted by Gasteiger charge is -2.03. The molecule has 0 unspecified atom stereocenters. The van der Waals surface area contributed by atoms with Crippen LogP contribution in [0.25, 0.3) is 10.8 Å². The van der Waals surface area contributed by atoms with Crippen LogP contribution >= 0.6 is 11.3 Å². The lowest BCUT2D eigenvalue weighted by Crippen LogP contribution is -2.12. The number of imidazole rings is 1. The highest BCUT2D eigenvalue weighted by Crippen LogP contribution is 2.31. The number of methoxy groups -OCH3 is 1. The van der Waals surface area contributed by atoms with Crippen LogP contribution in [-0.2, 0) is 22.3 Å². The van der Waals surface area contributed by atoms with Gasteiger partial charge < -0.3 is 9.30 Å². The molecule has 0 aliphatic heterocycles. The average molecular weight is 291 g/mol. The Hall–Kier alpha value is -1.90. The first kappa shape index (κ1) is 13.5. The zero-order chi connectivity index (χ0) is 14.0. The Balaban J connectivity index is 2.45. The Morgan fingerprint density at radius 3 is 2.79 bits per heavy atom. The predicted molar refractivity (Wildman–Crippen MR) is 60.4 cm³/mol. The molecule has 0 aromatic carbocycles. The van der Waals surface area contributed by atoms with E-state index in [1.54, 1.807) is 5.38 Å². The molecule has 0 amide bonds. The summed E-state index contributed by atoms with van der Waals surface area (Å²) in [5.41, 5.74) is -1.07. The largest absolute Gasteiger partial charge is 0.468 e. The van der Waals surface area contributed by atoms with Crippen LogP contribution in [0.15, 0.2) is 17.8 Å². The van der Waals surface area contributed by atoms with Gasteiger partial charge in [0.1, 0.15) is 6.54 Å². The Kier molecular flexibility index (Phi) is 3.56. The highest BCUT2D eigenvalue weighted by molar-refractivity contribution is 7.13. The van der Waals surface area contributed by atoms with Gasteiger partial charge in [0.25, 0.3) is 0 Å². The molecule has 0 radical (unpaired) electrons. The maximum absolute atomic E-state index is 12.6. The smallest absolute Gasteiger partial charge is 0.434 e. The molecule has 2 aromatic heterocycles. The van der Waals surface area contributed by atoms with E-state index in [0.29, 0.717) is 5.01 Å². The predicted octanol–water partition coefficient (Wildman–Crippen LogP) is 2.20. The van der Waals surface area contributed by atoms with Gasteiger partial charge in [0, 0.05) is 17.8 Å². The standard InChI is InChI=1S/C10H8F3N3O2S/c1-18-7(17)5-16-4-6(10(11,12)13)15-8(16)9-14-2-3-19-9/h2-4H,5H2,1H3. The van der Waals surface area contributed by atoms with Crippen molar-refractivity contribution in [2.24, 2.45) is 0 Å². The lowest BCUT2D eigenvalue weighted by atomic mass is 10.5. The molecule has 5 nitrogen and oxygen atoms in total. The first-order valence-electron chi connectivity index (χ1n) is 5.03. The molecule has 102 valence electrons. The molecule has 0 aliphatic rings. The molecule has 0 aliphatic carbocycles. The first-order chi connectivity index (χ1) is 8.91. The van der Waals surface area contributed by atoms with Crippen molar-refractivity contribution in [2.75, 3.05) is 7.11 Å². The maximum atomic E-state index is 12.6. The molecule has 2 heterocycles. The van der Waals surface area contributed by atoms with E-state index in [9.17, 15) is 18.0 Å². The fourth-order valence-corrected chi connectivity index (χ4v) is 2.02. The number of ether oxygens (including phenoxy) is 1. The van der Waals surface area contributed by atoms with Gasteiger partial charge in [-0.3, -0.25) is 4.79 Å². The molecule has 0 saturated heterocycles. The van der Waals surface area contributed by atoms with Gasteiger partial charge in [-0.2, -0.15) is 13.2 Å². The molecule has 0 fully saturated rings. The topological polar surface area (TPSA) is 57.0 Å². The average Bonchev–Trinajstić information content (AvgIpc) is 2.95.